The fraction of sp³-hybridized carbons (Fsp3) is 0.273. The number of fused-ring (bicyclic) bond motifs is 1. The first-order valence-electron chi connectivity index (χ1n) is 5.09. The third kappa shape index (κ3) is 1.39. The molecule has 2 heterocycles. The summed E-state index contributed by atoms with van der Waals surface area (Å²) in [6.07, 6.45) is 0. The van der Waals surface area contributed by atoms with Crippen molar-refractivity contribution in [2.45, 2.75) is 11.7 Å². The Hall–Kier alpha value is -1.49. The predicted octanol–water partition coefficient (Wildman–Crippen LogP) is 2.06. The number of thioether (sulfide) groups is 1. The van der Waals surface area contributed by atoms with Crippen LogP contribution in [0.5, 0.6) is 5.75 Å². The van der Waals surface area contributed by atoms with Gasteiger partial charge < -0.3 is 9.30 Å². The van der Waals surface area contributed by atoms with Gasteiger partial charge in [0.1, 0.15) is 5.75 Å². The smallest absolute Gasteiger partial charge is 0.191 e. The summed E-state index contributed by atoms with van der Waals surface area (Å²) in [7, 11) is 1.68. The van der Waals surface area contributed by atoms with Crippen LogP contribution in [0.15, 0.2) is 29.4 Å². The fourth-order valence-electron chi connectivity index (χ4n) is 1.85. The molecule has 1 aromatic heterocycles. The Balaban J connectivity index is 2.15. The molecule has 0 N–H and O–H groups in total. The molecule has 1 aromatic carbocycles. The molecule has 3 rings (SSSR count). The Labute approximate surface area is 97.6 Å². The highest BCUT2D eigenvalue weighted by Crippen LogP contribution is 2.33. The monoisotopic (exact) mass is 233 g/mol. The highest BCUT2D eigenvalue weighted by Gasteiger charge is 2.20. The average molecular weight is 233 g/mol. The van der Waals surface area contributed by atoms with Crippen LogP contribution in [0.2, 0.25) is 0 Å². The van der Waals surface area contributed by atoms with Crippen LogP contribution in [0.3, 0.4) is 0 Å². The first kappa shape index (κ1) is 9.72. The second kappa shape index (κ2) is 3.83. The van der Waals surface area contributed by atoms with E-state index in [0.29, 0.717) is 0 Å². The van der Waals surface area contributed by atoms with Gasteiger partial charge >= 0.3 is 0 Å². The van der Waals surface area contributed by atoms with Gasteiger partial charge in [-0.25, -0.2) is 0 Å². The van der Waals surface area contributed by atoms with Gasteiger partial charge in [0.15, 0.2) is 11.0 Å². The van der Waals surface area contributed by atoms with Crippen molar-refractivity contribution in [3.63, 3.8) is 0 Å². The fourth-order valence-corrected chi connectivity index (χ4v) is 2.74. The third-order valence-corrected chi connectivity index (χ3v) is 3.56. The van der Waals surface area contributed by atoms with Crippen molar-refractivity contribution >= 4 is 11.8 Å². The van der Waals surface area contributed by atoms with E-state index in [1.54, 1.807) is 18.9 Å². The van der Waals surface area contributed by atoms with Gasteiger partial charge in [-0.2, -0.15) is 0 Å². The summed E-state index contributed by atoms with van der Waals surface area (Å²) >= 11 is 1.75. The summed E-state index contributed by atoms with van der Waals surface area (Å²) in [6.45, 7) is 0.973. The molecule has 0 saturated heterocycles. The number of methoxy groups -OCH3 is 1. The lowest BCUT2D eigenvalue weighted by Gasteiger charge is -2.07. The van der Waals surface area contributed by atoms with Crippen LogP contribution < -0.4 is 4.74 Å². The standard InChI is InChI=1S/C11H11N3OS/c1-15-9-5-3-2-4-8(9)10-12-13-11-14(10)6-7-16-11/h2-5H,6-7H2,1H3. The molecule has 0 fully saturated rings. The molecule has 0 saturated carbocycles. The van der Waals surface area contributed by atoms with E-state index < -0.39 is 0 Å². The molecule has 0 bridgehead atoms. The molecule has 0 unspecified atom stereocenters. The Bertz CT molecular complexity index is 524. The van der Waals surface area contributed by atoms with Gasteiger partial charge in [-0.05, 0) is 12.1 Å². The van der Waals surface area contributed by atoms with E-state index in [9.17, 15) is 0 Å². The van der Waals surface area contributed by atoms with Gasteiger partial charge in [0.2, 0.25) is 0 Å². The molecule has 1 aliphatic heterocycles. The van der Waals surface area contributed by atoms with Crippen LogP contribution in [0.25, 0.3) is 11.4 Å². The maximum Gasteiger partial charge on any atom is 0.191 e. The molecular weight excluding hydrogens is 222 g/mol. The number of nitrogens with zero attached hydrogens (tertiary/aromatic N) is 3. The van der Waals surface area contributed by atoms with Crippen LogP contribution in [0.4, 0.5) is 0 Å². The Kier molecular flexibility index (Phi) is 2.32. The highest BCUT2D eigenvalue weighted by atomic mass is 32.2. The minimum absolute atomic E-state index is 0.842. The molecule has 1 aliphatic rings. The summed E-state index contributed by atoms with van der Waals surface area (Å²) in [5.74, 6) is 2.82. The summed E-state index contributed by atoms with van der Waals surface area (Å²) in [5.41, 5.74) is 1.01. The van der Waals surface area contributed by atoms with Crippen molar-refractivity contribution in [1.82, 2.24) is 14.8 Å². The van der Waals surface area contributed by atoms with Crippen LogP contribution in [-0.2, 0) is 6.54 Å². The van der Waals surface area contributed by atoms with E-state index in [1.165, 1.54) is 0 Å². The van der Waals surface area contributed by atoms with Crippen LogP contribution in [-0.4, -0.2) is 27.6 Å². The molecule has 0 atom stereocenters. The molecule has 0 aliphatic carbocycles. The lowest BCUT2D eigenvalue weighted by Crippen LogP contribution is -1.98. The van der Waals surface area contributed by atoms with E-state index in [1.807, 2.05) is 24.3 Å². The Morgan fingerprint density at radius 3 is 3.06 bits per heavy atom. The molecular formula is C11H11N3OS. The quantitative estimate of drug-likeness (QED) is 0.796. The van der Waals surface area contributed by atoms with Crippen molar-refractivity contribution in [3.05, 3.63) is 24.3 Å². The minimum atomic E-state index is 0.842. The second-order valence-electron chi connectivity index (χ2n) is 3.51. The zero-order valence-electron chi connectivity index (χ0n) is 8.88. The van der Waals surface area contributed by atoms with Crippen LogP contribution in [0, 0.1) is 0 Å². The maximum atomic E-state index is 5.34. The molecule has 5 heteroatoms. The van der Waals surface area contributed by atoms with Gasteiger partial charge in [-0.3, -0.25) is 0 Å². The number of ether oxygens (including phenoxy) is 1. The van der Waals surface area contributed by atoms with Crippen molar-refractivity contribution in [2.24, 2.45) is 0 Å². The molecule has 0 amide bonds. The summed E-state index contributed by atoms with van der Waals surface area (Å²) in [5, 5.41) is 9.40. The topological polar surface area (TPSA) is 39.9 Å². The number of benzene rings is 1. The first-order valence-corrected chi connectivity index (χ1v) is 6.08. The van der Waals surface area contributed by atoms with Crippen molar-refractivity contribution in [2.75, 3.05) is 12.9 Å². The molecule has 4 nitrogen and oxygen atoms in total. The number of hydrogen-bond acceptors (Lipinski definition) is 4. The van der Waals surface area contributed by atoms with Crippen molar-refractivity contribution < 1.29 is 4.74 Å². The lowest BCUT2D eigenvalue weighted by molar-refractivity contribution is 0.416. The molecule has 0 spiro atoms. The zero-order chi connectivity index (χ0) is 11.0. The average Bonchev–Trinajstić information content (AvgIpc) is 2.91. The van der Waals surface area contributed by atoms with Gasteiger partial charge in [0.25, 0.3) is 0 Å². The van der Waals surface area contributed by atoms with Crippen LogP contribution >= 0.6 is 11.8 Å². The van der Waals surface area contributed by atoms with E-state index in [4.69, 9.17) is 4.74 Å². The van der Waals surface area contributed by atoms with E-state index in [2.05, 4.69) is 14.8 Å². The zero-order valence-corrected chi connectivity index (χ0v) is 9.70. The lowest BCUT2D eigenvalue weighted by atomic mass is 10.2. The molecule has 16 heavy (non-hydrogen) atoms. The maximum absolute atomic E-state index is 5.34. The summed E-state index contributed by atoms with van der Waals surface area (Å²) in [4.78, 5) is 0. The largest absolute Gasteiger partial charge is 0.496 e. The number of rotatable bonds is 2. The van der Waals surface area contributed by atoms with Gasteiger partial charge in [0, 0.05) is 12.3 Å². The third-order valence-electron chi connectivity index (χ3n) is 2.61. The Morgan fingerprint density at radius 2 is 2.19 bits per heavy atom. The van der Waals surface area contributed by atoms with Gasteiger partial charge in [0.05, 0.1) is 12.7 Å². The van der Waals surface area contributed by atoms with Gasteiger partial charge in [-0.1, -0.05) is 23.9 Å². The van der Waals surface area contributed by atoms with E-state index in [-0.39, 0.29) is 0 Å². The Morgan fingerprint density at radius 1 is 1.31 bits per heavy atom. The van der Waals surface area contributed by atoms with Crippen molar-refractivity contribution in [3.8, 4) is 17.1 Å². The van der Waals surface area contributed by atoms with Crippen molar-refractivity contribution in [1.29, 1.82) is 0 Å². The molecule has 0 radical (unpaired) electrons. The van der Waals surface area contributed by atoms with Crippen LogP contribution in [0.1, 0.15) is 0 Å². The number of hydrogen-bond donors (Lipinski definition) is 0. The molecule has 2 aromatic rings. The summed E-state index contributed by atoms with van der Waals surface area (Å²) in [6, 6.07) is 7.90. The predicted molar refractivity (Wildman–Crippen MR) is 62.7 cm³/mol. The SMILES string of the molecule is COc1ccccc1-c1nnc2n1CCS2. The van der Waals surface area contributed by atoms with E-state index >= 15 is 0 Å². The van der Waals surface area contributed by atoms with E-state index in [0.717, 1.165) is 34.6 Å². The number of aromatic nitrogens is 3. The minimum Gasteiger partial charge on any atom is -0.496 e. The first-order chi connectivity index (χ1) is 7.90. The highest BCUT2D eigenvalue weighted by molar-refractivity contribution is 7.99. The second-order valence-corrected chi connectivity index (χ2v) is 4.57. The van der Waals surface area contributed by atoms with Gasteiger partial charge in [-0.15, -0.1) is 10.2 Å². The normalized spacial score (nSPS) is 13.8. The summed E-state index contributed by atoms with van der Waals surface area (Å²) < 4.78 is 7.48. The number of para-hydroxylation sites is 1. The molecule has 82 valence electrons.